The van der Waals surface area contributed by atoms with E-state index in [4.69, 9.17) is 4.74 Å². The van der Waals surface area contributed by atoms with Crippen molar-refractivity contribution in [2.45, 2.75) is 6.92 Å². The van der Waals surface area contributed by atoms with Crippen LogP contribution in [0.2, 0.25) is 0 Å². The minimum Gasteiger partial charge on any atom is -0.507 e. The van der Waals surface area contributed by atoms with Gasteiger partial charge in [0.2, 0.25) is 0 Å². The lowest BCUT2D eigenvalue weighted by atomic mass is 9.96. The first kappa shape index (κ1) is 13.6. The molecule has 0 aromatic heterocycles. The smallest absolute Gasteiger partial charge is 0.342 e. The lowest BCUT2D eigenvalue weighted by Gasteiger charge is -2.14. The topological polar surface area (TPSA) is 46.5 Å². The van der Waals surface area contributed by atoms with Crippen LogP contribution in [-0.4, -0.2) is 18.2 Å². The highest BCUT2D eigenvalue weighted by Crippen LogP contribution is 2.39. The van der Waals surface area contributed by atoms with Crippen molar-refractivity contribution in [2.24, 2.45) is 0 Å². The van der Waals surface area contributed by atoms with Crippen molar-refractivity contribution in [3.05, 3.63) is 52.0 Å². The molecule has 0 aliphatic carbocycles. The molecule has 0 amide bonds. The number of aromatic hydroxyl groups is 1. The molecule has 0 spiro atoms. The first-order valence-corrected chi connectivity index (χ1v) is 6.51. The third-order valence-electron chi connectivity index (χ3n) is 2.89. The quantitative estimate of drug-likeness (QED) is 0.853. The molecule has 1 N–H and O–H groups in total. The Morgan fingerprint density at radius 1 is 1.26 bits per heavy atom. The van der Waals surface area contributed by atoms with Crippen molar-refractivity contribution in [1.82, 2.24) is 0 Å². The van der Waals surface area contributed by atoms with E-state index in [1.54, 1.807) is 13.0 Å². The Bertz CT molecular complexity index is 621. The van der Waals surface area contributed by atoms with Crippen LogP contribution in [0.1, 0.15) is 15.9 Å². The highest BCUT2D eigenvalue weighted by atomic mass is 79.9. The summed E-state index contributed by atoms with van der Waals surface area (Å²) in [6.45, 7) is 1.74. The van der Waals surface area contributed by atoms with Gasteiger partial charge in [0.15, 0.2) is 0 Å². The fourth-order valence-corrected chi connectivity index (χ4v) is 2.72. The molecular formula is C15H13BrO3. The molecular weight excluding hydrogens is 308 g/mol. The van der Waals surface area contributed by atoms with Gasteiger partial charge in [-0.2, -0.15) is 0 Å². The Hall–Kier alpha value is -1.81. The summed E-state index contributed by atoms with van der Waals surface area (Å²) in [6.07, 6.45) is 0. The number of benzene rings is 2. The van der Waals surface area contributed by atoms with E-state index in [2.05, 4.69) is 15.9 Å². The number of esters is 1. The molecule has 98 valence electrons. The van der Waals surface area contributed by atoms with Gasteiger partial charge in [0.05, 0.1) is 7.11 Å². The fourth-order valence-electron chi connectivity index (χ4n) is 1.95. The van der Waals surface area contributed by atoms with Gasteiger partial charge in [0.25, 0.3) is 0 Å². The maximum absolute atomic E-state index is 11.9. The van der Waals surface area contributed by atoms with Gasteiger partial charge < -0.3 is 9.84 Å². The van der Waals surface area contributed by atoms with Crippen LogP contribution in [0.5, 0.6) is 5.75 Å². The zero-order chi connectivity index (χ0) is 14.0. The van der Waals surface area contributed by atoms with Gasteiger partial charge in [0, 0.05) is 10.0 Å². The van der Waals surface area contributed by atoms with E-state index in [0.29, 0.717) is 11.1 Å². The third kappa shape index (κ3) is 2.49. The molecule has 2 aromatic carbocycles. The van der Waals surface area contributed by atoms with Gasteiger partial charge >= 0.3 is 5.97 Å². The summed E-state index contributed by atoms with van der Waals surface area (Å²) in [5.74, 6) is -0.602. The molecule has 0 aliphatic rings. The minimum atomic E-state index is -0.555. The van der Waals surface area contributed by atoms with Crippen LogP contribution in [0.25, 0.3) is 11.1 Å². The summed E-state index contributed by atoms with van der Waals surface area (Å²) in [5, 5.41) is 10.1. The number of ether oxygens (including phenoxy) is 1. The predicted octanol–water partition coefficient (Wildman–Crippen LogP) is 3.92. The van der Waals surface area contributed by atoms with Crippen LogP contribution in [0.3, 0.4) is 0 Å². The number of phenolic OH excluding ortho intramolecular Hbond substituents is 1. The second kappa shape index (κ2) is 5.45. The maximum Gasteiger partial charge on any atom is 0.342 e. The van der Waals surface area contributed by atoms with E-state index in [-0.39, 0.29) is 11.3 Å². The number of hydrogen-bond acceptors (Lipinski definition) is 3. The van der Waals surface area contributed by atoms with E-state index in [1.807, 2.05) is 30.3 Å². The molecule has 0 saturated carbocycles. The molecule has 19 heavy (non-hydrogen) atoms. The summed E-state index contributed by atoms with van der Waals surface area (Å²) < 4.78 is 5.51. The van der Waals surface area contributed by atoms with Crippen LogP contribution in [-0.2, 0) is 4.74 Å². The molecule has 0 aliphatic heterocycles. The van der Waals surface area contributed by atoms with Crippen LogP contribution >= 0.6 is 15.9 Å². The van der Waals surface area contributed by atoms with Crippen molar-refractivity contribution < 1.29 is 14.6 Å². The molecule has 0 atom stereocenters. The Labute approximate surface area is 120 Å². The Kier molecular flexibility index (Phi) is 3.90. The number of hydrogen-bond donors (Lipinski definition) is 1. The summed E-state index contributed by atoms with van der Waals surface area (Å²) >= 11 is 3.45. The Balaban J connectivity index is 2.79. The summed E-state index contributed by atoms with van der Waals surface area (Å²) in [4.78, 5) is 11.9. The average Bonchev–Trinajstić information content (AvgIpc) is 2.42. The number of carbonyl (C=O) groups excluding carboxylic acids is 1. The number of rotatable bonds is 2. The molecule has 2 rings (SSSR count). The van der Waals surface area contributed by atoms with E-state index in [9.17, 15) is 9.90 Å². The van der Waals surface area contributed by atoms with Crippen molar-refractivity contribution in [2.75, 3.05) is 7.11 Å². The number of halogens is 1. The molecule has 0 radical (unpaired) electrons. The minimum absolute atomic E-state index is 0.0473. The first-order chi connectivity index (χ1) is 9.06. The molecule has 0 fully saturated rings. The summed E-state index contributed by atoms with van der Waals surface area (Å²) in [6, 6.07) is 11.2. The fraction of sp³-hybridized carbons (Fsp3) is 0.133. The lowest BCUT2D eigenvalue weighted by molar-refractivity contribution is 0.0598. The molecule has 4 heteroatoms. The first-order valence-electron chi connectivity index (χ1n) is 5.72. The predicted molar refractivity (Wildman–Crippen MR) is 77.3 cm³/mol. The van der Waals surface area contributed by atoms with Gasteiger partial charge in [-0.1, -0.05) is 46.3 Å². The van der Waals surface area contributed by atoms with Crippen molar-refractivity contribution in [3.8, 4) is 16.9 Å². The number of methoxy groups -OCH3 is 1. The number of carbonyl (C=O) groups is 1. The van der Waals surface area contributed by atoms with E-state index in [1.165, 1.54) is 7.11 Å². The average molecular weight is 321 g/mol. The normalized spacial score (nSPS) is 10.3. The molecule has 0 saturated heterocycles. The second-order valence-electron chi connectivity index (χ2n) is 4.13. The van der Waals surface area contributed by atoms with E-state index < -0.39 is 5.97 Å². The highest BCUT2D eigenvalue weighted by molar-refractivity contribution is 9.10. The summed E-state index contributed by atoms with van der Waals surface area (Å²) in [5.41, 5.74) is 2.27. The van der Waals surface area contributed by atoms with Gasteiger partial charge in [-0.3, -0.25) is 0 Å². The Morgan fingerprint density at radius 2 is 1.89 bits per heavy atom. The van der Waals surface area contributed by atoms with Gasteiger partial charge in [-0.25, -0.2) is 4.79 Å². The molecule has 3 nitrogen and oxygen atoms in total. The van der Waals surface area contributed by atoms with E-state index >= 15 is 0 Å². The molecule has 2 aromatic rings. The van der Waals surface area contributed by atoms with Crippen LogP contribution < -0.4 is 0 Å². The van der Waals surface area contributed by atoms with Crippen LogP contribution in [0.15, 0.2) is 40.9 Å². The Morgan fingerprint density at radius 3 is 2.47 bits per heavy atom. The van der Waals surface area contributed by atoms with Gasteiger partial charge in [-0.15, -0.1) is 0 Å². The molecule has 0 unspecified atom stereocenters. The SMILES string of the molecule is COC(=O)c1c(O)c(C)cc(Br)c1-c1ccccc1. The zero-order valence-corrected chi connectivity index (χ0v) is 12.2. The molecule has 0 bridgehead atoms. The van der Waals surface area contributed by atoms with Gasteiger partial charge in [-0.05, 0) is 24.1 Å². The lowest BCUT2D eigenvalue weighted by Crippen LogP contribution is -2.05. The van der Waals surface area contributed by atoms with E-state index in [0.717, 1.165) is 10.0 Å². The second-order valence-corrected chi connectivity index (χ2v) is 4.99. The van der Waals surface area contributed by atoms with Crippen molar-refractivity contribution in [1.29, 1.82) is 0 Å². The monoisotopic (exact) mass is 320 g/mol. The maximum atomic E-state index is 11.9. The number of aryl methyl sites for hydroxylation is 1. The standard InChI is InChI=1S/C15H13BrO3/c1-9-8-11(16)12(10-6-4-3-5-7-10)13(14(9)17)15(18)19-2/h3-8,17H,1-2H3. The third-order valence-corrected chi connectivity index (χ3v) is 3.52. The van der Waals surface area contributed by atoms with Crippen molar-refractivity contribution in [3.63, 3.8) is 0 Å². The molecule has 0 heterocycles. The van der Waals surface area contributed by atoms with Crippen LogP contribution in [0.4, 0.5) is 0 Å². The van der Waals surface area contributed by atoms with Gasteiger partial charge in [0.1, 0.15) is 11.3 Å². The largest absolute Gasteiger partial charge is 0.507 e. The zero-order valence-electron chi connectivity index (χ0n) is 10.6. The number of phenols is 1. The van der Waals surface area contributed by atoms with Crippen LogP contribution in [0, 0.1) is 6.92 Å². The highest BCUT2D eigenvalue weighted by Gasteiger charge is 2.22. The van der Waals surface area contributed by atoms with Crippen molar-refractivity contribution >= 4 is 21.9 Å². The summed E-state index contributed by atoms with van der Waals surface area (Å²) in [7, 11) is 1.30.